The number of aliphatic carboxylic acids is 1. The van der Waals surface area contributed by atoms with Gasteiger partial charge in [-0.05, 0) is 0 Å². The average Bonchev–Trinajstić information content (AvgIpc) is 1.33. The fourth-order valence-electron chi connectivity index (χ4n) is 0. The maximum atomic E-state index is 9.00. The molecule has 0 rings (SSSR count). The van der Waals surface area contributed by atoms with Crippen LogP contribution in [0.3, 0.4) is 0 Å². The van der Waals surface area contributed by atoms with Crippen molar-refractivity contribution in [3.63, 3.8) is 0 Å². The molecule has 0 atom stereocenters. The maximum absolute atomic E-state index is 9.00. The Hall–Kier alpha value is 0.944. The summed E-state index contributed by atoms with van der Waals surface area (Å²) in [7, 11) is 0. The summed E-state index contributed by atoms with van der Waals surface area (Å²) in [4.78, 5) is 9.00. The summed E-state index contributed by atoms with van der Waals surface area (Å²) in [6.45, 7) is 1.08. The molecule has 0 bridgehead atoms. The molecule has 0 amide bonds. The van der Waals surface area contributed by atoms with E-state index in [2.05, 4.69) is 0 Å². The summed E-state index contributed by atoms with van der Waals surface area (Å²) in [6.07, 6.45) is 0. The molecule has 0 saturated carbocycles. The van der Waals surface area contributed by atoms with Gasteiger partial charge in [-0.2, -0.15) is 0 Å². The van der Waals surface area contributed by atoms with E-state index in [-0.39, 0.29) is 29.6 Å². The Morgan fingerprint density at radius 1 is 1.75 bits per heavy atom. The van der Waals surface area contributed by atoms with Crippen molar-refractivity contribution in [1.82, 2.24) is 0 Å². The van der Waals surface area contributed by atoms with Crippen molar-refractivity contribution < 1.29 is 66.0 Å². The van der Waals surface area contributed by atoms with Crippen LogP contribution in [0.15, 0.2) is 0 Å². The Morgan fingerprint density at radius 2 is 1.75 bits per heavy atom. The summed E-state index contributed by atoms with van der Waals surface area (Å²) in [6, 6.07) is 0. The van der Waals surface area contributed by atoms with Crippen molar-refractivity contribution in [1.29, 1.82) is 0 Å². The van der Waals surface area contributed by atoms with Crippen LogP contribution in [-0.2, 0) is 27.6 Å². The zero-order chi connectivity index (χ0) is 6.28. The van der Waals surface area contributed by atoms with Gasteiger partial charge in [0.2, 0.25) is 0 Å². The molecular formula is C2H4NaO4Ti. The van der Waals surface area contributed by atoms with Gasteiger partial charge in [-0.15, -0.1) is 0 Å². The molecule has 6 heteroatoms. The molecule has 1 N–H and O–H groups in total. The van der Waals surface area contributed by atoms with Crippen LogP contribution < -0.4 is 33.2 Å². The van der Waals surface area contributed by atoms with Crippen molar-refractivity contribution in [3.05, 3.63) is 0 Å². The molecule has 0 aromatic rings. The first-order valence-electron chi connectivity index (χ1n) is 1.34. The molecule has 0 aromatic heterocycles. The van der Waals surface area contributed by atoms with Gasteiger partial charge in [0.05, 0.1) is 0 Å². The standard InChI is InChI=1S/C2H4O2.Na.2O.Ti/c1-2(3)4;;;;/h1H3,(H,3,4);;;;/q;+1;;-1;. The van der Waals surface area contributed by atoms with Crippen LogP contribution in [-0.4, -0.2) is 11.1 Å². The van der Waals surface area contributed by atoms with Crippen molar-refractivity contribution in [2.24, 2.45) is 0 Å². The second-order valence-electron chi connectivity index (χ2n) is 0.602. The summed E-state index contributed by atoms with van der Waals surface area (Å²) >= 11 is -2.00. The van der Waals surface area contributed by atoms with E-state index in [0.29, 0.717) is 0 Å². The van der Waals surface area contributed by atoms with Crippen LogP contribution in [0.4, 0.5) is 0 Å². The Bertz CT molecular complexity index is 61.1. The molecule has 0 radical (unpaired) electrons. The Balaban J connectivity index is -0.0000000575. The third kappa shape index (κ3) is 275. The van der Waals surface area contributed by atoms with E-state index in [9.17, 15) is 0 Å². The molecule has 0 aliphatic heterocycles. The van der Waals surface area contributed by atoms with Gasteiger partial charge < -0.3 is 5.11 Å². The van der Waals surface area contributed by atoms with E-state index in [1.807, 2.05) is 0 Å². The molecule has 0 unspecified atom stereocenters. The summed E-state index contributed by atoms with van der Waals surface area (Å²) in [5, 5.41) is 7.42. The molecule has 0 saturated heterocycles. The van der Waals surface area contributed by atoms with E-state index in [1.54, 1.807) is 0 Å². The van der Waals surface area contributed by atoms with Crippen LogP contribution in [0, 0.1) is 0 Å². The molecule has 0 heterocycles. The fourth-order valence-corrected chi connectivity index (χ4v) is 0. The molecular weight excluding hydrogens is 159 g/mol. The number of carboxylic acid groups (broad SMARTS) is 1. The number of hydrogen-bond acceptors (Lipinski definition) is 3. The summed E-state index contributed by atoms with van der Waals surface area (Å²) < 4.78 is 17.0. The normalized spacial score (nSPS) is 4.25. The van der Waals surface area contributed by atoms with E-state index in [1.165, 1.54) is 0 Å². The van der Waals surface area contributed by atoms with Crippen molar-refractivity contribution in [3.8, 4) is 0 Å². The second kappa shape index (κ2) is 15.7. The van der Waals surface area contributed by atoms with Crippen LogP contribution in [0.5, 0.6) is 0 Å². The van der Waals surface area contributed by atoms with Gasteiger partial charge in [0, 0.05) is 6.92 Å². The molecule has 0 spiro atoms. The first-order valence-corrected chi connectivity index (χ1v) is 2.61. The number of carbonyl (C=O) groups is 1. The first kappa shape index (κ1) is 16.0. The van der Waals surface area contributed by atoms with Crippen molar-refractivity contribution in [2.75, 3.05) is 0 Å². The predicted octanol–water partition coefficient (Wildman–Crippen LogP) is -4.22. The monoisotopic (exact) mass is 163 g/mol. The van der Waals surface area contributed by atoms with Gasteiger partial charge in [0.1, 0.15) is 0 Å². The van der Waals surface area contributed by atoms with E-state index >= 15 is 0 Å². The molecule has 41 valence electrons. The van der Waals surface area contributed by atoms with Gasteiger partial charge in [-0.25, -0.2) is 0 Å². The third-order valence-electron chi connectivity index (χ3n) is 0. The topological polar surface area (TPSA) is 77.4 Å². The zero-order valence-corrected chi connectivity index (χ0v) is 8.23. The Kier molecular flexibility index (Phi) is 31.3. The van der Waals surface area contributed by atoms with Gasteiger partial charge in [-0.1, -0.05) is 0 Å². The summed E-state index contributed by atoms with van der Waals surface area (Å²) in [5.41, 5.74) is 0. The summed E-state index contributed by atoms with van der Waals surface area (Å²) in [5.74, 6) is -0.833. The number of carboxylic acids is 1. The zero-order valence-electron chi connectivity index (χ0n) is 4.67. The van der Waals surface area contributed by atoms with Crippen LogP contribution >= 0.6 is 0 Å². The van der Waals surface area contributed by atoms with Crippen molar-refractivity contribution >= 4 is 5.97 Å². The van der Waals surface area contributed by atoms with Crippen LogP contribution in [0.25, 0.3) is 0 Å². The molecule has 8 heavy (non-hydrogen) atoms. The number of rotatable bonds is 0. The number of hydrogen-bond donors (Lipinski definition) is 1. The van der Waals surface area contributed by atoms with Gasteiger partial charge in [0.15, 0.2) is 0 Å². The first-order chi connectivity index (χ1) is 3.15. The van der Waals surface area contributed by atoms with Gasteiger partial charge in [0.25, 0.3) is 5.97 Å². The molecule has 0 aliphatic carbocycles. The SMILES string of the molecule is CC(=O)O.[Na+].[O]=[Ti][O-]. The quantitative estimate of drug-likeness (QED) is 0.367. The Morgan fingerprint density at radius 3 is 1.75 bits per heavy atom. The van der Waals surface area contributed by atoms with Gasteiger partial charge in [-0.3, -0.25) is 4.79 Å². The molecule has 0 fully saturated rings. The van der Waals surface area contributed by atoms with Crippen LogP contribution in [0.2, 0.25) is 0 Å². The molecule has 0 aromatic carbocycles. The minimum atomic E-state index is -2.00. The predicted molar refractivity (Wildman–Crippen MR) is 14.0 cm³/mol. The minimum absolute atomic E-state index is 0. The van der Waals surface area contributed by atoms with E-state index in [0.717, 1.165) is 6.92 Å². The average molecular weight is 163 g/mol. The molecule has 4 nitrogen and oxygen atoms in total. The third-order valence-corrected chi connectivity index (χ3v) is 0. The van der Waals surface area contributed by atoms with Crippen molar-refractivity contribution in [2.45, 2.75) is 6.92 Å². The fraction of sp³-hybridized carbons (Fsp3) is 0.500. The van der Waals surface area contributed by atoms with Gasteiger partial charge >= 0.3 is 56.1 Å². The Labute approximate surface area is 78.3 Å². The van der Waals surface area contributed by atoms with Crippen LogP contribution in [0.1, 0.15) is 6.92 Å². The second-order valence-corrected chi connectivity index (χ2v) is 0.863. The van der Waals surface area contributed by atoms with E-state index in [4.69, 9.17) is 16.9 Å². The molecule has 0 aliphatic rings. The van der Waals surface area contributed by atoms with E-state index < -0.39 is 25.5 Å².